The smallest absolute Gasteiger partial charge is 0.416 e. The van der Waals surface area contributed by atoms with Gasteiger partial charge in [-0.25, -0.2) is 0 Å². The summed E-state index contributed by atoms with van der Waals surface area (Å²) < 4.78 is 43.5. The molecular weight excluding hydrogens is 321 g/mol. The summed E-state index contributed by atoms with van der Waals surface area (Å²) in [4.78, 5) is 11.7. The van der Waals surface area contributed by atoms with Gasteiger partial charge in [0.1, 0.15) is 5.75 Å². The van der Waals surface area contributed by atoms with Crippen LogP contribution in [-0.2, 0) is 11.0 Å². The minimum atomic E-state index is -4.46. The van der Waals surface area contributed by atoms with Crippen molar-refractivity contribution in [3.8, 4) is 5.75 Å². The maximum absolute atomic E-state index is 12.7. The van der Waals surface area contributed by atoms with E-state index < -0.39 is 11.7 Å². The van der Waals surface area contributed by atoms with Gasteiger partial charge < -0.3 is 15.4 Å². The van der Waals surface area contributed by atoms with Crippen molar-refractivity contribution in [1.82, 2.24) is 5.32 Å². The van der Waals surface area contributed by atoms with Crippen LogP contribution in [0.4, 0.5) is 18.9 Å². The highest BCUT2D eigenvalue weighted by atomic mass is 35.5. The predicted octanol–water partition coefficient (Wildman–Crippen LogP) is 3.46. The lowest BCUT2D eigenvalue weighted by Crippen LogP contribution is -2.19. The van der Waals surface area contributed by atoms with Gasteiger partial charge in [-0.2, -0.15) is 13.2 Å². The molecule has 1 aromatic rings. The number of rotatable bonds is 7. The Morgan fingerprint density at radius 3 is 2.55 bits per heavy atom. The predicted molar refractivity (Wildman–Crippen MR) is 81.7 cm³/mol. The topological polar surface area (TPSA) is 50.4 Å². The van der Waals surface area contributed by atoms with Gasteiger partial charge in [-0.15, -0.1) is 12.4 Å². The molecule has 0 saturated heterocycles. The van der Waals surface area contributed by atoms with Gasteiger partial charge in [-0.05, 0) is 31.7 Å². The standard InChI is InChI=1S/C14H19F3N2O2.ClH/c1-3-8-21-12-5-4-10(14(15,16)17)9-11(12)19-13(20)6-7-18-2;/h4-5,9,18H,3,6-8H2,1-2H3,(H,19,20);1H. The van der Waals surface area contributed by atoms with Crippen LogP contribution in [0.2, 0.25) is 0 Å². The van der Waals surface area contributed by atoms with E-state index in [1.54, 1.807) is 7.05 Å². The van der Waals surface area contributed by atoms with E-state index in [-0.39, 0.29) is 36.2 Å². The molecule has 0 aliphatic heterocycles. The van der Waals surface area contributed by atoms with Gasteiger partial charge in [0, 0.05) is 13.0 Å². The molecular formula is C14H20ClF3N2O2. The summed E-state index contributed by atoms with van der Waals surface area (Å²) in [6.45, 7) is 2.69. The van der Waals surface area contributed by atoms with Crippen LogP contribution in [0.1, 0.15) is 25.3 Å². The van der Waals surface area contributed by atoms with E-state index in [0.717, 1.165) is 12.1 Å². The van der Waals surface area contributed by atoms with Crippen LogP contribution in [0.3, 0.4) is 0 Å². The van der Waals surface area contributed by atoms with Gasteiger partial charge >= 0.3 is 6.18 Å². The maximum Gasteiger partial charge on any atom is 0.416 e. The van der Waals surface area contributed by atoms with E-state index in [4.69, 9.17) is 4.74 Å². The minimum Gasteiger partial charge on any atom is -0.491 e. The number of carbonyl (C=O) groups is 1. The van der Waals surface area contributed by atoms with Crippen LogP contribution < -0.4 is 15.4 Å². The first-order chi connectivity index (χ1) is 9.88. The van der Waals surface area contributed by atoms with Crippen molar-refractivity contribution in [1.29, 1.82) is 0 Å². The summed E-state index contributed by atoms with van der Waals surface area (Å²) in [5.74, 6) is -0.132. The lowest BCUT2D eigenvalue weighted by atomic mass is 10.1. The van der Waals surface area contributed by atoms with Gasteiger partial charge in [0.05, 0.1) is 17.9 Å². The molecule has 0 saturated carbocycles. The molecule has 0 fully saturated rings. The number of anilines is 1. The molecule has 126 valence electrons. The molecule has 0 aromatic heterocycles. The van der Waals surface area contributed by atoms with Gasteiger partial charge in [-0.1, -0.05) is 6.92 Å². The number of hydrogen-bond acceptors (Lipinski definition) is 3. The molecule has 4 nitrogen and oxygen atoms in total. The van der Waals surface area contributed by atoms with Crippen molar-refractivity contribution >= 4 is 24.0 Å². The third-order valence-corrected chi connectivity index (χ3v) is 2.64. The van der Waals surface area contributed by atoms with Crippen molar-refractivity contribution in [2.45, 2.75) is 25.9 Å². The average Bonchev–Trinajstić information content (AvgIpc) is 2.42. The second-order valence-corrected chi connectivity index (χ2v) is 4.46. The van der Waals surface area contributed by atoms with Gasteiger partial charge in [0.2, 0.25) is 5.91 Å². The Morgan fingerprint density at radius 2 is 2.00 bits per heavy atom. The van der Waals surface area contributed by atoms with Crippen molar-refractivity contribution in [2.75, 3.05) is 25.5 Å². The SMILES string of the molecule is CCCOc1ccc(C(F)(F)F)cc1NC(=O)CCNC.Cl. The lowest BCUT2D eigenvalue weighted by Gasteiger charge is -2.15. The molecule has 1 rings (SSSR count). The second-order valence-electron chi connectivity index (χ2n) is 4.46. The van der Waals surface area contributed by atoms with Crippen molar-refractivity contribution < 1.29 is 22.7 Å². The number of hydrogen-bond donors (Lipinski definition) is 2. The zero-order chi connectivity index (χ0) is 15.9. The molecule has 0 unspecified atom stereocenters. The van der Waals surface area contributed by atoms with Gasteiger partial charge in [-0.3, -0.25) is 4.79 Å². The molecule has 0 radical (unpaired) electrons. The van der Waals surface area contributed by atoms with Crippen LogP contribution >= 0.6 is 12.4 Å². The van der Waals surface area contributed by atoms with E-state index in [1.165, 1.54) is 6.07 Å². The first-order valence-corrected chi connectivity index (χ1v) is 6.67. The summed E-state index contributed by atoms with van der Waals surface area (Å²) >= 11 is 0. The molecule has 0 spiro atoms. The monoisotopic (exact) mass is 340 g/mol. The Labute approximate surface area is 133 Å². The highest BCUT2D eigenvalue weighted by Crippen LogP contribution is 2.35. The van der Waals surface area contributed by atoms with E-state index in [2.05, 4.69) is 10.6 Å². The number of ether oxygens (including phenoxy) is 1. The number of amides is 1. The van der Waals surface area contributed by atoms with E-state index in [1.807, 2.05) is 6.92 Å². The fourth-order valence-electron chi connectivity index (χ4n) is 1.59. The second kappa shape index (κ2) is 9.53. The highest BCUT2D eigenvalue weighted by Gasteiger charge is 2.31. The number of alkyl halides is 3. The third kappa shape index (κ3) is 6.53. The van der Waals surface area contributed by atoms with Crippen molar-refractivity contribution in [3.63, 3.8) is 0 Å². The molecule has 0 heterocycles. The number of halogens is 4. The van der Waals surface area contributed by atoms with E-state index in [9.17, 15) is 18.0 Å². The fraction of sp³-hybridized carbons (Fsp3) is 0.500. The first kappa shape index (κ1) is 20.5. The molecule has 0 atom stereocenters. The Hall–Kier alpha value is -1.47. The Morgan fingerprint density at radius 1 is 1.32 bits per heavy atom. The van der Waals surface area contributed by atoms with Crippen molar-refractivity contribution in [3.05, 3.63) is 23.8 Å². The molecule has 1 amide bonds. The summed E-state index contributed by atoms with van der Waals surface area (Å²) in [6.07, 6.45) is -3.58. The van der Waals surface area contributed by atoms with Gasteiger partial charge in [0.25, 0.3) is 0 Å². The van der Waals surface area contributed by atoms with Crippen molar-refractivity contribution in [2.24, 2.45) is 0 Å². The van der Waals surface area contributed by atoms with Crippen LogP contribution in [0, 0.1) is 0 Å². The summed E-state index contributed by atoms with van der Waals surface area (Å²) in [5.41, 5.74) is -0.783. The maximum atomic E-state index is 12.7. The largest absolute Gasteiger partial charge is 0.491 e. The van der Waals surface area contributed by atoms with Crippen LogP contribution in [0.15, 0.2) is 18.2 Å². The molecule has 2 N–H and O–H groups in total. The Bertz CT molecular complexity index is 482. The number of carbonyl (C=O) groups excluding carboxylic acids is 1. The molecule has 0 aliphatic rings. The zero-order valence-electron chi connectivity index (χ0n) is 12.4. The van der Waals surface area contributed by atoms with Crippen LogP contribution in [0.25, 0.3) is 0 Å². The Balaban J connectivity index is 0.00000441. The number of benzene rings is 1. The van der Waals surface area contributed by atoms with E-state index >= 15 is 0 Å². The summed E-state index contributed by atoms with van der Waals surface area (Å²) in [7, 11) is 1.69. The van der Waals surface area contributed by atoms with E-state index in [0.29, 0.717) is 19.6 Å². The molecule has 0 bridgehead atoms. The highest BCUT2D eigenvalue weighted by molar-refractivity contribution is 5.92. The normalized spacial score (nSPS) is 10.8. The first-order valence-electron chi connectivity index (χ1n) is 6.67. The zero-order valence-corrected chi connectivity index (χ0v) is 13.2. The molecule has 0 aliphatic carbocycles. The van der Waals surface area contributed by atoms with Crippen LogP contribution in [0.5, 0.6) is 5.75 Å². The molecule has 22 heavy (non-hydrogen) atoms. The fourth-order valence-corrected chi connectivity index (χ4v) is 1.59. The molecule has 8 heteroatoms. The van der Waals surface area contributed by atoms with Gasteiger partial charge in [0.15, 0.2) is 0 Å². The summed E-state index contributed by atoms with van der Waals surface area (Å²) in [5, 5.41) is 5.26. The minimum absolute atomic E-state index is 0. The van der Waals surface area contributed by atoms with Crippen LogP contribution in [-0.4, -0.2) is 26.1 Å². The average molecular weight is 341 g/mol. The number of nitrogens with one attached hydrogen (secondary N) is 2. The molecule has 1 aromatic carbocycles. The quantitative estimate of drug-likeness (QED) is 0.799. The lowest BCUT2D eigenvalue weighted by molar-refractivity contribution is -0.137. The summed E-state index contributed by atoms with van der Waals surface area (Å²) in [6, 6.07) is 3.06. The third-order valence-electron chi connectivity index (χ3n) is 2.64. The Kier molecular flexibility index (Phi) is 8.89.